The van der Waals surface area contributed by atoms with Crippen molar-refractivity contribution in [3.05, 3.63) is 0 Å². The molecule has 1 fully saturated rings. The molecule has 12 heavy (non-hydrogen) atoms. The summed E-state index contributed by atoms with van der Waals surface area (Å²) in [6, 6.07) is 0. The van der Waals surface area contributed by atoms with E-state index in [-0.39, 0.29) is 11.2 Å². The number of hydrogen-bond donors (Lipinski definition) is 1. The van der Waals surface area contributed by atoms with Gasteiger partial charge in [0.25, 0.3) is 0 Å². The van der Waals surface area contributed by atoms with Gasteiger partial charge in [-0.05, 0) is 12.8 Å². The fourth-order valence-corrected chi connectivity index (χ4v) is 2.16. The number of amides is 1. The predicted molar refractivity (Wildman–Crippen MR) is 44.9 cm³/mol. The first-order valence-corrected chi connectivity index (χ1v) is 5.53. The van der Waals surface area contributed by atoms with E-state index in [1.54, 1.807) is 13.8 Å². The van der Waals surface area contributed by atoms with Crippen LogP contribution in [0.2, 0.25) is 0 Å². The molecular formula is C7H13NO3S. The Balaban J connectivity index is 2.55. The van der Waals surface area contributed by atoms with Crippen LogP contribution in [0, 0.1) is 5.92 Å². The van der Waals surface area contributed by atoms with Crippen LogP contribution in [-0.4, -0.2) is 19.6 Å². The van der Waals surface area contributed by atoms with E-state index in [1.807, 2.05) is 0 Å². The Hall–Kier alpha value is -0.580. The Bertz CT molecular complexity index is 277. The number of rotatable bonds is 3. The summed E-state index contributed by atoms with van der Waals surface area (Å²) in [7, 11) is -3.33. The van der Waals surface area contributed by atoms with Crippen molar-refractivity contribution in [2.24, 2.45) is 5.92 Å². The largest absolute Gasteiger partial charge is 0.274 e. The van der Waals surface area contributed by atoms with Gasteiger partial charge in [0.2, 0.25) is 15.9 Å². The van der Waals surface area contributed by atoms with Crippen molar-refractivity contribution in [1.29, 1.82) is 0 Å². The smallest absolute Gasteiger partial charge is 0.237 e. The van der Waals surface area contributed by atoms with Gasteiger partial charge in [0.05, 0.1) is 5.25 Å². The Kier molecular flexibility index (Phi) is 2.41. The Labute approximate surface area is 72.4 Å². The van der Waals surface area contributed by atoms with Crippen molar-refractivity contribution in [2.45, 2.75) is 31.9 Å². The first-order valence-electron chi connectivity index (χ1n) is 3.99. The molecule has 70 valence electrons. The highest BCUT2D eigenvalue weighted by Crippen LogP contribution is 2.27. The zero-order valence-electron chi connectivity index (χ0n) is 7.20. The maximum Gasteiger partial charge on any atom is 0.237 e. The van der Waals surface area contributed by atoms with Gasteiger partial charge in [-0.2, -0.15) is 0 Å². The van der Waals surface area contributed by atoms with Gasteiger partial charge in [-0.3, -0.25) is 9.52 Å². The summed E-state index contributed by atoms with van der Waals surface area (Å²) in [6.07, 6.45) is 1.36. The molecule has 0 atom stereocenters. The van der Waals surface area contributed by atoms with E-state index in [0.29, 0.717) is 12.8 Å². The van der Waals surface area contributed by atoms with Crippen LogP contribution >= 0.6 is 0 Å². The molecule has 0 bridgehead atoms. The fourth-order valence-electron chi connectivity index (χ4n) is 0.720. The molecule has 0 aromatic heterocycles. The Morgan fingerprint density at radius 3 is 2.25 bits per heavy atom. The van der Waals surface area contributed by atoms with Crippen molar-refractivity contribution < 1.29 is 13.2 Å². The molecule has 0 aromatic rings. The highest BCUT2D eigenvalue weighted by atomic mass is 32.2. The van der Waals surface area contributed by atoms with Crippen molar-refractivity contribution in [2.75, 3.05) is 0 Å². The normalized spacial score (nSPS) is 17.9. The van der Waals surface area contributed by atoms with Gasteiger partial charge in [0.1, 0.15) is 0 Å². The SMILES string of the molecule is CC(C)C(=O)NS(=O)(=O)C1CC1. The lowest BCUT2D eigenvalue weighted by Crippen LogP contribution is -2.35. The topological polar surface area (TPSA) is 63.2 Å². The van der Waals surface area contributed by atoms with E-state index in [1.165, 1.54) is 0 Å². The molecule has 1 amide bonds. The molecule has 0 spiro atoms. The minimum absolute atomic E-state index is 0.279. The molecule has 1 N–H and O–H groups in total. The molecule has 0 saturated heterocycles. The van der Waals surface area contributed by atoms with Crippen LogP contribution < -0.4 is 4.72 Å². The van der Waals surface area contributed by atoms with E-state index in [0.717, 1.165) is 0 Å². The van der Waals surface area contributed by atoms with Crippen LogP contribution in [0.25, 0.3) is 0 Å². The summed E-state index contributed by atoms with van der Waals surface area (Å²) >= 11 is 0. The molecule has 0 heterocycles. The molecule has 1 aliphatic carbocycles. The van der Waals surface area contributed by atoms with Crippen LogP contribution in [0.3, 0.4) is 0 Å². The van der Waals surface area contributed by atoms with Crippen molar-refractivity contribution in [3.63, 3.8) is 0 Å². The maximum absolute atomic E-state index is 11.2. The third-order valence-electron chi connectivity index (χ3n) is 1.73. The lowest BCUT2D eigenvalue weighted by molar-refractivity contribution is -0.122. The average molecular weight is 191 g/mol. The quantitative estimate of drug-likeness (QED) is 0.695. The highest BCUT2D eigenvalue weighted by Gasteiger charge is 2.36. The molecule has 0 radical (unpaired) electrons. The summed E-state index contributed by atoms with van der Waals surface area (Å²) < 4.78 is 24.4. The van der Waals surface area contributed by atoms with Gasteiger partial charge in [-0.25, -0.2) is 8.42 Å². The number of hydrogen-bond acceptors (Lipinski definition) is 3. The van der Waals surface area contributed by atoms with Gasteiger partial charge in [-0.1, -0.05) is 13.8 Å². The van der Waals surface area contributed by atoms with Crippen LogP contribution in [-0.2, 0) is 14.8 Å². The molecule has 4 nitrogen and oxygen atoms in total. The molecular weight excluding hydrogens is 178 g/mol. The van der Waals surface area contributed by atoms with Gasteiger partial charge in [-0.15, -0.1) is 0 Å². The molecule has 5 heteroatoms. The van der Waals surface area contributed by atoms with Gasteiger partial charge >= 0.3 is 0 Å². The van der Waals surface area contributed by atoms with E-state index < -0.39 is 15.9 Å². The van der Waals surface area contributed by atoms with E-state index in [4.69, 9.17) is 0 Å². The van der Waals surface area contributed by atoms with E-state index in [2.05, 4.69) is 4.72 Å². The van der Waals surface area contributed by atoms with Gasteiger partial charge < -0.3 is 0 Å². The standard InChI is InChI=1S/C7H13NO3S/c1-5(2)7(9)8-12(10,11)6-3-4-6/h5-6H,3-4H2,1-2H3,(H,8,9). The van der Waals surface area contributed by atoms with Crippen LogP contribution in [0.15, 0.2) is 0 Å². The zero-order valence-corrected chi connectivity index (χ0v) is 8.02. The Morgan fingerprint density at radius 2 is 1.92 bits per heavy atom. The predicted octanol–water partition coefficient (Wildman–Crippen LogP) is 0.251. The summed E-state index contributed by atoms with van der Waals surface area (Å²) in [4.78, 5) is 11.0. The van der Waals surface area contributed by atoms with Gasteiger partial charge in [0.15, 0.2) is 0 Å². The molecule has 0 aliphatic heterocycles. The van der Waals surface area contributed by atoms with Gasteiger partial charge in [0, 0.05) is 5.92 Å². The fraction of sp³-hybridized carbons (Fsp3) is 0.857. The molecule has 1 rings (SSSR count). The van der Waals surface area contributed by atoms with E-state index in [9.17, 15) is 13.2 Å². The third kappa shape index (κ3) is 2.20. The van der Waals surface area contributed by atoms with Crippen LogP contribution in [0.5, 0.6) is 0 Å². The van der Waals surface area contributed by atoms with Crippen molar-refractivity contribution in [3.8, 4) is 0 Å². The highest BCUT2D eigenvalue weighted by molar-refractivity contribution is 7.90. The third-order valence-corrected chi connectivity index (χ3v) is 3.57. The number of sulfonamides is 1. The number of carbonyl (C=O) groups is 1. The molecule has 1 aliphatic rings. The second-order valence-corrected chi connectivity index (χ2v) is 5.33. The minimum atomic E-state index is -3.33. The second-order valence-electron chi connectivity index (χ2n) is 3.37. The second kappa shape index (κ2) is 3.05. The van der Waals surface area contributed by atoms with Crippen LogP contribution in [0.1, 0.15) is 26.7 Å². The minimum Gasteiger partial charge on any atom is -0.274 e. The molecule has 0 unspecified atom stereocenters. The van der Waals surface area contributed by atoms with Crippen LogP contribution in [0.4, 0.5) is 0 Å². The summed E-state index contributed by atoms with van der Waals surface area (Å²) in [5.41, 5.74) is 0. The molecule has 1 saturated carbocycles. The Morgan fingerprint density at radius 1 is 1.42 bits per heavy atom. The number of carbonyl (C=O) groups excluding carboxylic acids is 1. The van der Waals surface area contributed by atoms with Crippen molar-refractivity contribution in [1.82, 2.24) is 4.72 Å². The maximum atomic E-state index is 11.2. The van der Waals surface area contributed by atoms with E-state index >= 15 is 0 Å². The first-order chi connectivity index (χ1) is 5.43. The monoisotopic (exact) mass is 191 g/mol. The summed E-state index contributed by atoms with van der Waals surface area (Å²) in [5.74, 6) is -0.694. The number of nitrogens with one attached hydrogen (secondary N) is 1. The lowest BCUT2D eigenvalue weighted by atomic mass is 10.2. The summed E-state index contributed by atoms with van der Waals surface area (Å²) in [5, 5.41) is -0.319. The first kappa shape index (κ1) is 9.51. The molecule has 0 aromatic carbocycles. The zero-order chi connectivity index (χ0) is 9.35. The lowest BCUT2D eigenvalue weighted by Gasteiger charge is -2.06. The van der Waals surface area contributed by atoms with Crippen molar-refractivity contribution >= 4 is 15.9 Å². The average Bonchev–Trinajstić information content (AvgIpc) is 2.65. The summed E-state index contributed by atoms with van der Waals surface area (Å²) in [6.45, 7) is 3.33.